The lowest BCUT2D eigenvalue weighted by Gasteiger charge is -2.34. The van der Waals surface area contributed by atoms with E-state index < -0.39 is 5.41 Å². The van der Waals surface area contributed by atoms with E-state index in [0.29, 0.717) is 44.9 Å². The molecule has 1 amide bonds. The van der Waals surface area contributed by atoms with Gasteiger partial charge in [0.2, 0.25) is 5.91 Å². The highest BCUT2D eigenvalue weighted by molar-refractivity contribution is 5.83. The Labute approximate surface area is 137 Å². The summed E-state index contributed by atoms with van der Waals surface area (Å²) in [5.41, 5.74) is 5.33. The Bertz CT molecular complexity index is 515. The largest absolute Gasteiger partial charge is 0.497 e. The molecule has 0 bridgehead atoms. The summed E-state index contributed by atoms with van der Waals surface area (Å²) in [7, 11) is 1.61. The number of benzene rings is 1. The summed E-state index contributed by atoms with van der Waals surface area (Å²) in [6.07, 6.45) is 1.18. The zero-order valence-electron chi connectivity index (χ0n) is 13.8. The monoisotopic (exact) mass is 322 g/mol. The average Bonchev–Trinajstić information content (AvgIpc) is 2.60. The highest BCUT2D eigenvalue weighted by Gasteiger charge is 2.38. The molecule has 23 heavy (non-hydrogen) atoms. The summed E-state index contributed by atoms with van der Waals surface area (Å²) in [5.74, 6) is 1.44. The van der Waals surface area contributed by atoms with Crippen LogP contribution in [0, 0.1) is 5.41 Å². The maximum absolute atomic E-state index is 12.5. The number of amides is 1. The van der Waals surface area contributed by atoms with Gasteiger partial charge in [0, 0.05) is 25.8 Å². The number of carbonyl (C=O) groups excluding carboxylic acids is 1. The van der Waals surface area contributed by atoms with Gasteiger partial charge in [0.25, 0.3) is 0 Å². The number of rotatable bonds is 7. The van der Waals surface area contributed by atoms with Crippen molar-refractivity contribution in [2.75, 3.05) is 33.4 Å². The summed E-state index contributed by atoms with van der Waals surface area (Å²) in [4.78, 5) is 12.5. The Morgan fingerprint density at radius 2 is 2.09 bits per heavy atom. The maximum Gasteiger partial charge on any atom is 0.227 e. The van der Waals surface area contributed by atoms with Crippen molar-refractivity contribution < 1.29 is 19.0 Å². The lowest BCUT2D eigenvalue weighted by Crippen LogP contribution is -2.50. The van der Waals surface area contributed by atoms with Crippen molar-refractivity contribution >= 4 is 5.91 Å². The summed E-state index contributed by atoms with van der Waals surface area (Å²) < 4.78 is 16.3. The van der Waals surface area contributed by atoms with Gasteiger partial charge in [0.05, 0.1) is 19.1 Å². The van der Waals surface area contributed by atoms with Crippen LogP contribution < -0.4 is 20.5 Å². The van der Waals surface area contributed by atoms with Gasteiger partial charge in [-0.25, -0.2) is 0 Å². The normalized spacial score (nSPS) is 18.0. The second-order valence-electron chi connectivity index (χ2n) is 5.91. The Morgan fingerprint density at radius 1 is 1.39 bits per heavy atom. The van der Waals surface area contributed by atoms with E-state index in [1.54, 1.807) is 7.11 Å². The summed E-state index contributed by atoms with van der Waals surface area (Å²) >= 11 is 0. The zero-order valence-corrected chi connectivity index (χ0v) is 13.8. The molecule has 1 aliphatic rings. The van der Waals surface area contributed by atoms with Gasteiger partial charge >= 0.3 is 0 Å². The molecule has 3 N–H and O–H groups in total. The number of nitrogens with one attached hydrogen (secondary N) is 1. The van der Waals surface area contributed by atoms with Crippen molar-refractivity contribution in [2.45, 2.75) is 25.9 Å². The van der Waals surface area contributed by atoms with Crippen LogP contribution in [-0.2, 0) is 9.53 Å². The number of hydrogen-bond donors (Lipinski definition) is 2. The van der Waals surface area contributed by atoms with Crippen LogP contribution in [0.5, 0.6) is 11.5 Å². The first-order valence-corrected chi connectivity index (χ1v) is 7.96. The fourth-order valence-corrected chi connectivity index (χ4v) is 2.66. The van der Waals surface area contributed by atoms with Crippen LogP contribution >= 0.6 is 0 Å². The molecule has 1 saturated heterocycles. The van der Waals surface area contributed by atoms with Gasteiger partial charge in [-0.2, -0.15) is 0 Å². The maximum atomic E-state index is 12.5. The second-order valence-corrected chi connectivity index (χ2v) is 5.91. The SMILES string of the molecule is COc1cccc(OC(C)CNC(=O)C2(CN)CCOCC2)c1. The number of carbonyl (C=O) groups is 1. The van der Waals surface area contributed by atoms with Crippen LogP contribution in [0.15, 0.2) is 24.3 Å². The van der Waals surface area contributed by atoms with Gasteiger partial charge in [-0.1, -0.05) is 6.07 Å². The lowest BCUT2D eigenvalue weighted by molar-refractivity contribution is -0.136. The molecule has 2 rings (SSSR count). The van der Waals surface area contributed by atoms with Gasteiger partial charge in [-0.15, -0.1) is 0 Å². The lowest BCUT2D eigenvalue weighted by atomic mass is 9.79. The molecule has 1 aromatic rings. The van der Waals surface area contributed by atoms with E-state index in [2.05, 4.69) is 5.32 Å². The highest BCUT2D eigenvalue weighted by atomic mass is 16.5. The number of hydrogen-bond acceptors (Lipinski definition) is 5. The topological polar surface area (TPSA) is 82.8 Å². The van der Waals surface area contributed by atoms with Crippen molar-refractivity contribution in [3.05, 3.63) is 24.3 Å². The van der Waals surface area contributed by atoms with E-state index in [4.69, 9.17) is 19.9 Å². The molecule has 0 radical (unpaired) electrons. The fourth-order valence-electron chi connectivity index (χ4n) is 2.66. The van der Waals surface area contributed by atoms with Crippen LogP contribution in [0.2, 0.25) is 0 Å². The van der Waals surface area contributed by atoms with Crippen molar-refractivity contribution in [1.29, 1.82) is 0 Å². The van der Waals surface area contributed by atoms with E-state index in [1.165, 1.54) is 0 Å². The van der Waals surface area contributed by atoms with Crippen LogP contribution in [0.3, 0.4) is 0 Å². The van der Waals surface area contributed by atoms with Gasteiger partial charge in [-0.3, -0.25) is 4.79 Å². The first-order chi connectivity index (χ1) is 11.1. The number of nitrogens with two attached hydrogens (primary N) is 1. The third-order valence-corrected chi connectivity index (χ3v) is 4.25. The Hall–Kier alpha value is -1.79. The molecule has 0 aliphatic carbocycles. The Balaban J connectivity index is 1.85. The van der Waals surface area contributed by atoms with Crippen LogP contribution in [-0.4, -0.2) is 45.4 Å². The fraction of sp³-hybridized carbons (Fsp3) is 0.588. The molecule has 0 spiro atoms. The van der Waals surface area contributed by atoms with Crippen molar-refractivity contribution in [1.82, 2.24) is 5.32 Å². The minimum Gasteiger partial charge on any atom is -0.497 e. The molecule has 1 fully saturated rings. The summed E-state index contributed by atoms with van der Waals surface area (Å²) in [6.45, 7) is 3.85. The highest BCUT2D eigenvalue weighted by Crippen LogP contribution is 2.29. The van der Waals surface area contributed by atoms with Crippen LogP contribution in [0.1, 0.15) is 19.8 Å². The predicted molar refractivity (Wildman–Crippen MR) is 87.6 cm³/mol. The van der Waals surface area contributed by atoms with E-state index in [9.17, 15) is 4.79 Å². The molecule has 128 valence electrons. The molecular formula is C17H26N2O4. The molecule has 1 aliphatic heterocycles. The minimum absolute atomic E-state index is 0.00982. The third-order valence-electron chi connectivity index (χ3n) is 4.25. The Kier molecular flexibility index (Phi) is 6.24. The van der Waals surface area contributed by atoms with Crippen molar-refractivity contribution in [3.8, 4) is 11.5 Å². The van der Waals surface area contributed by atoms with E-state index >= 15 is 0 Å². The van der Waals surface area contributed by atoms with E-state index in [-0.39, 0.29) is 12.0 Å². The molecular weight excluding hydrogens is 296 g/mol. The molecule has 1 atom stereocenters. The first kappa shape index (κ1) is 17.6. The van der Waals surface area contributed by atoms with Crippen LogP contribution in [0.25, 0.3) is 0 Å². The molecule has 6 heteroatoms. The minimum atomic E-state index is -0.506. The van der Waals surface area contributed by atoms with Gasteiger partial charge in [0.15, 0.2) is 0 Å². The number of ether oxygens (including phenoxy) is 3. The van der Waals surface area contributed by atoms with Gasteiger partial charge in [0.1, 0.15) is 17.6 Å². The summed E-state index contributed by atoms with van der Waals surface area (Å²) in [5, 5.41) is 2.96. The van der Waals surface area contributed by atoms with E-state index in [1.807, 2.05) is 31.2 Å². The third kappa shape index (κ3) is 4.59. The van der Waals surface area contributed by atoms with E-state index in [0.717, 1.165) is 5.75 Å². The smallest absolute Gasteiger partial charge is 0.227 e. The van der Waals surface area contributed by atoms with Crippen molar-refractivity contribution in [3.63, 3.8) is 0 Å². The second kappa shape index (κ2) is 8.17. The molecule has 1 heterocycles. The summed E-state index contributed by atoms with van der Waals surface area (Å²) in [6, 6.07) is 7.40. The average molecular weight is 322 g/mol. The number of methoxy groups -OCH3 is 1. The van der Waals surface area contributed by atoms with Crippen molar-refractivity contribution in [2.24, 2.45) is 11.1 Å². The molecule has 0 aromatic heterocycles. The van der Waals surface area contributed by atoms with Crippen LogP contribution in [0.4, 0.5) is 0 Å². The molecule has 1 aromatic carbocycles. The molecule has 6 nitrogen and oxygen atoms in total. The zero-order chi connectivity index (χ0) is 16.7. The van der Waals surface area contributed by atoms with Gasteiger partial charge < -0.3 is 25.3 Å². The standard InChI is InChI=1S/C17H26N2O4/c1-13(23-15-5-3-4-14(10-15)21-2)11-19-16(20)17(12-18)6-8-22-9-7-17/h3-5,10,13H,6-9,11-12,18H2,1-2H3,(H,19,20). The first-order valence-electron chi connectivity index (χ1n) is 7.96. The van der Waals surface area contributed by atoms with Gasteiger partial charge in [-0.05, 0) is 31.9 Å². The molecule has 1 unspecified atom stereocenters. The quantitative estimate of drug-likeness (QED) is 0.791. The molecule has 0 saturated carbocycles. The predicted octanol–water partition coefficient (Wildman–Crippen LogP) is 1.33. The Morgan fingerprint density at radius 3 is 2.74 bits per heavy atom.